The van der Waals surface area contributed by atoms with E-state index in [-0.39, 0.29) is 24.2 Å². The van der Waals surface area contributed by atoms with Crippen molar-refractivity contribution in [2.45, 2.75) is 33.2 Å². The summed E-state index contributed by atoms with van der Waals surface area (Å²) in [6.07, 6.45) is 2.89. The van der Waals surface area contributed by atoms with Crippen LogP contribution in [0, 0.1) is 11.8 Å². The maximum Gasteiger partial charge on any atom is 0.226 e. The molecule has 0 saturated heterocycles. The molecule has 2 N–H and O–H groups in total. The average molecular weight is 341 g/mol. The van der Waals surface area contributed by atoms with Crippen LogP contribution in [0.1, 0.15) is 26.7 Å². The van der Waals surface area contributed by atoms with Gasteiger partial charge < -0.3 is 15.2 Å². The highest BCUT2D eigenvalue weighted by molar-refractivity contribution is 5.92. The van der Waals surface area contributed by atoms with Gasteiger partial charge in [-0.1, -0.05) is 19.1 Å². The summed E-state index contributed by atoms with van der Waals surface area (Å²) in [5.74, 6) is 1.31. The van der Waals surface area contributed by atoms with Gasteiger partial charge in [0.05, 0.1) is 0 Å². The van der Waals surface area contributed by atoms with E-state index in [9.17, 15) is 9.59 Å². The Morgan fingerprint density at radius 1 is 1.36 bits per heavy atom. The quantitative estimate of drug-likeness (QED) is 0.807. The van der Waals surface area contributed by atoms with Gasteiger partial charge in [0.25, 0.3) is 0 Å². The minimum atomic E-state index is -0.127. The Kier molecular flexibility index (Phi) is 5.11. The van der Waals surface area contributed by atoms with E-state index >= 15 is 0 Å². The van der Waals surface area contributed by atoms with E-state index in [1.165, 1.54) is 0 Å². The minimum Gasteiger partial charge on any atom is -0.355 e. The summed E-state index contributed by atoms with van der Waals surface area (Å²) in [7, 11) is 0. The van der Waals surface area contributed by atoms with Crippen LogP contribution in [0.15, 0.2) is 30.6 Å². The molecule has 1 fully saturated rings. The summed E-state index contributed by atoms with van der Waals surface area (Å²) in [6, 6.07) is 7.51. The molecule has 1 aromatic carbocycles. The van der Waals surface area contributed by atoms with Gasteiger partial charge in [0.2, 0.25) is 11.8 Å². The SMILES string of the molecule is CCn1cnnc1-c1cccc(NC(=O)CCNC(=O)[C@H]2C[C@@H]2C)c1. The molecule has 1 aliphatic carbocycles. The van der Waals surface area contributed by atoms with Gasteiger partial charge in [0, 0.05) is 36.7 Å². The first-order valence-corrected chi connectivity index (χ1v) is 8.64. The summed E-state index contributed by atoms with van der Waals surface area (Å²) in [4.78, 5) is 23.8. The zero-order chi connectivity index (χ0) is 17.8. The lowest BCUT2D eigenvalue weighted by Gasteiger charge is -2.09. The average Bonchev–Trinajstić information content (AvgIpc) is 3.15. The van der Waals surface area contributed by atoms with Gasteiger partial charge in [0.15, 0.2) is 5.82 Å². The fourth-order valence-corrected chi connectivity index (χ4v) is 2.79. The number of aromatic nitrogens is 3. The molecule has 0 radical (unpaired) electrons. The maximum atomic E-state index is 12.1. The molecular weight excluding hydrogens is 318 g/mol. The van der Waals surface area contributed by atoms with E-state index in [1.807, 2.05) is 35.8 Å². The molecule has 0 spiro atoms. The van der Waals surface area contributed by atoms with Crippen LogP contribution >= 0.6 is 0 Å². The highest BCUT2D eigenvalue weighted by Crippen LogP contribution is 2.37. The third kappa shape index (κ3) is 4.23. The van der Waals surface area contributed by atoms with E-state index in [0.717, 1.165) is 24.4 Å². The van der Waals surface area contributed by atoms with Crippen LogP contribution in [0.4, 0.5) is 5.69 Å². The van der Waals surface area contributed by atoms with Crippen molar-refractivity contribution < 1.29 is 9.59 Å². The number of aryl methyl sites for hydroxylation is 1. The van der Waals surface area contributed by atoms with Gasteiger partial charge in [-0.05, 0) is 31.4 Å². The topological polar surface area (TPSA) is 88.9 Å². The molecule has 1 aliphatic rings. The Morgan fingerprint density at radius 2 is 2.16 bits per heavy atom. The van der Waals surface area contributed by atoms with Crippen molar-refractivity contribution in [3.05, 3.63) is 30.6 Å². The van der Waals surface area contributed by atoms with Gasteiger partial charge in [-0.25, -0.2) is 0 Å². The van der Waals surface area contributed by atoms with Crippen LogP contribution in [-0.4, -0.2) is 33.1 Å². The van der Waals surface area contributed by atoms with E-state index < -0.39 is 0 Å². The molecule has 7 heteroatoms. The number of nitrogens with zero attached hydrogens (tertiary/aromatic N) is 3. The Balaban J connectivity index is 1.53. The van der Waals surface area contributed by atoms with Gasteiger partial charge in [-0.3, -0.25) is 9.59 Å². The first-order chi connectivity index (χ1) is 12.1. The highest BCUT2D eigenvalue weighted by atomic mass is 16.2. The van der Waals surface area contributed by atoms with Gasteiger partial charge in [-0.2, -0.15) is 0 Å². The van der Waals surface area contributed by atoms with Crippen molar-refractivity contribution >= 4 is 17.5 Å². The first-order valence-electron chi connectivity index (χ1n) is 8.64. The van der Waals surface area contributed by atoms with E-state index in [4.69, 9.17) is 0 Å². The normalized spacial score (nSPS) is 18.6. The summed E-state index contributed by atoms with van der Waals surface area (Å²) in [5, 5.41) is 13.7. The number of benzene rings is 1. The molecular formula is C18H23N5O2. The van der Waals surface area contributed by atoms with E-state index in [2.05, 4.69) is 27.8 Å². The van der Waals surface area contributed by atoms with Crippen molar-refractivity contribution in [2.75, 3.05) is 11.9 Å². The second kappa shape index (κ2) is 7.46. The molecule has 7 nitrogen and oxygen atoms in total. The number of anilines is 1. The largest absolute Gasteiger partial charge is 0.355 e. The van der Waals surface area contributed by atoms with E-state index in [0.29, 0.717) is 18.2 Å². The second-order valence-electron chi connectivity index (χ2n) is 6.43. The maximum absolute atomic E-state index is 12.1. The number of hydrogen-bond donors (Lipinski definition) is 2. The molecule has 2 atom stereocenters. The van der Waals surface area contributed by atoms with Crippen LogP contribution in [-0.2, 0) is 16.1 Å². The number of carbonyl (C=O) groups is 2. The third-order valence-electron chi connectivity index (χ3n) is 4.46. The number of amides is 2. The molecule has 2 aromatic rings. The van der Waals surface area contributed by atoms with Crippen molar-refractivity contribution in [3.8, 4) is 11.4 Å². The van der Waals surface area contributed by atoms with Crippen LogP contribution < -0.4 is 10.6 Å². The van der Waals surface area contributed by atoms with Crippen LogP contribution in [0.5, 0.6) is 0 Å². The molecule has 1 aromatic heterocycles. The molecule has 132 valence electrons. The minimum absolute atomic E-state index is 0.0567. The smallest absolute Gasteiger partial charge is 0.226 e. The molecule has 0 bridgehead atoms. The van der Waals surface area contributed by atoms with Crippen molar-refractivity contribution in [1.82, 2.24) is 20.1 Å². The number of hydrogen-bond acceptors (Lipinski definition) is 4. The zero-order valence-corrected chi connectivity index (χ0v) is 14.5. The lowest BCUT2D eigenvalue weighted by atomic mass is 10.2. The molecule has 2 amide bonds. The van der Waals surface area contributed by atoms with E-state index in [1.54, 1.807) is 6.33 Å². The Morgan fingerprint density at radius 3 is 2.88 bits per heavy atom. The monoisotopic (exact) mass is 341 g/mol. The summed E-state index contributed by atoms with van der Waals surface area (Å²) in [5.41, 5.74) is 1.60. The Bertz CT molecular complexity index is 770. The fraction of sp³-hybridized carbons (Fsp3) is 0.444. The Labute approximate surface area is 146 Å². The lowest BCUT2D eigenvalue weighted by molar-refractivity contribution is -0.122. The van der Waals surface area contributed by atoms with Crippen LogP contribution in [0.3, 0.4) is 0 Å². The number of nitrogens with one attached hydrogen (secondary N) is 2. The number of rotatable bonds is 7. The van der Waals surface area contributed by atoms with Gasteiger partial charge >= 0.3 is 0 Å². The highest BCUT2D eigenvalue weighted by Gasteiger charge is 2.38. The predicted molar refractivity (Wildman–Crippen MR) is 94.7 cm³/mol. The molecule has 0 aliphatic heterocycles. The number of carbonyl (C=O) groups excluding carboxylic acids is 2. The van der Waals surface area contributed by atoms with Gasteiger partial charge in [0.1, 0.15) is 6.33 Å². The van der Waals surface area contributed by atoms with Crippen LogP contribution in [0.2, 0.25) is 0 Å². The van der Waals surface area contributed by atoms with Crippen LogP contribution in [0.25, 0.3) is 11.4 Å². The van der Waals surface area contributed by atoms with Gasteiger partial charge in [-0.15, -0.1) is 10.2 Å². The first kappa shape index (κ1) is 17.1. The third-order valence-corrected chi connectivity index (χ3v) is 4.46. The Hall–Kier alpha value is -2.70. The summed E-state index contributed by atoms with van der Waals surface area (Å²) >= 11 is 0. The molecule has 25 heavy (non-hydrogen) atoms. The van der Waals surface area contributed by atoms with Crippen molar-refractivity contribution in [3.63, 3.8) is 0 Å². The standard InChI is InChI=1S/C18H23N5O2/c1-3-23-11-20-22-17(23)13-5-4-6-14(10-13)21-16(24)7-8-19-18(25)15-9-12(15)2/h4-6,10-12,15H,3,7-9H2,1-2H3,(H,19,25)(H,21,24)/t12-,15-/m0/s1. The van der Waals surface area contributed by atoms with Crippen molar-refractivity contribution in [1.29, 1.82) is 0 Å². The van der Waals surface area contributed by atoms with Crippen molar-refractivity contribution in [2.24, 2.45) is 11.8 Å². The summed E-state index contributed by atoms with van der Waals surface area (Å²) < 4.78 is 1.94. The molecule has 1 heterocycles. The second-order valence-corrected chi connectivity index (χ2v) is 6.43. The zero-order valence-electron chi connectivity index (χ0n) is 14.5. The molecule has 0 unspecified atom stereocenters. The molecule has 3 rings (SSSR count). The molecule has 1 saturated carbocycles. The lowest BCUT2D eigenvalue weighted by Crippen LogP contribution is -2.29. The predicted octanol–water partition coefficient (Wildman–Crippen LogP) is 2.07. The fourth-order valence-electron chi connectivity index (χ4n) is 2.79. The summed E-state index contributed by atoms with van der Waals surface area (Å²) in [6.45, 7) is 5.22.